The molecule has 23 heavy (non-hydrogen) atoms. The topological polar surface area (TPSA) is 29.0 Å². The summed E-state index contributed by atoms with van der Waals surface area (Å²) in [6.07, 6.45) is 4.17. The van der Waals surface area contributed by atoms with Gasteiger partial charge >= 0.3 is 0 Å². The molecule has 0 spiro atoms. The highest BCUT2D eigenvalue weighted by atomic mass is 32.1. The van der Waals surface area contributed by atoms with Gasteiger partial charge in [0.1, 0.15) is 5.82 Å². The lowest BCUT2D eigenvalue weighted by Crippen LogP contribution is -2.33. The Hall–Kier alpha value is -2.20. The van der Waals surface area contributed by atoms with E-state index in [4.69, 9.17) is 4.98 Å². The molecule has 2 aromatic heterocycles. The zero-order valence-corrected chi connectivity index (χ0v) is 13.7. The molecule has 0 bridgehead atoms. The molecule has 3 heterocycles. The van der Waals surface area contributed by atoms with Gasteiger partial charge in [0.05, 0.1) is 10.7 Å². The number of benzene rings is 1. The Morgan fingerprint density at radius 3 is 2.48 bits per heavy atom. The molecule has 0 atom stereocenters. The summed E-state index contributed by atoms with van der Waals surface area (Å²) in [7, 11) is 0. The van der Waals surface area contributed by atoms with Gasteiger partial charge in [-0.1, -0.05) is 36.4 Å². The second-order valence-corrected chi connectivity index (χ2v) is 6.78. The number of pyridine rings is 1. The molecule has 1 fully saturated rings. The SMILES string of the molecule is c1ccc(-c2csc(C3CCN(c4ccccn4)CC3)n2)cc1. The fraction of sp³-hybridized carbons (Fsp3) is 0.263. The van der Waals surface area contributed by atoms with Crippen LogP contribution in [-0.2, 0) is 0 Å². The average Bonchev–Trinajstić information content (AvgIpc) is 3.14. The minimum Gasteiger partial charge on any atom is -0.357 e. The van der Waals surface area contributed by atoms with Crippen molar-refractivity contribution in [1.29, 1.82) is 0 Å². The Balaban J connectivity index is 1.44. The van der Waals surface area contributed by atoms with Crippen LogP contribution in [0.2, 0.25) is 0 Å². The van der Waals surface area contributed by atoms with Gasteiger partial charge in [-0.15, -0.1) is 11.3 Å². The smallest absolute Gasteiger partial charge is 0.128 e. The summed E-state index contributed by atoms with van der Waals surface area (Å²) >= 11 is 1.80. The number of hydrogen-bond acceptors (Lipinski definition) is 4. The predicted molar refractivity (Wildman–Crippen MR) is 96.0 cm³/mol. The van der Waals surface area contributed by atoms with Gasteiger partial charge in [0.25, 0.3) is 0 Å². The van der Waals surface area contributed by atoms with E-state index in [1.807, 2.05) is 18.3 Å². The quantitative estimate of drug-likeness (QED) is 0.706. The summed E-state index contributed by atoms with van der Waals surface area (Å²) in [5.74, 6) is 1.67. The Bertz CT molecular complexity index is 747. The third kappa shape index (κ3) is 3.13. The third-order valence-corrected chi connectivity index (χ3v) is 5.42. The summed E-state index contributed by atoms with van der Waals surface area (Å²) < 4.78 is 0. The van der Waals surface area contributed by atoms with Gasteiger partial charge in [0.2, 0.25) is 0 Å². The van der Waals surface area contributed by atoms with E-state index in [0.29, 0.717) is 5.92 Å². The minimum atomic E-state index is 0.581. The average molecular weight is 321 g/mol. The van der Waals surface area contributed by atoms with E-state index in [2.05, 4.69) is 51.7 Å². The van der Waals surface area contributed by atoms with Crippen molar-refractivity contribution in [3.63, 3.8) is 0 Å². The van der Waals surface area contributed by atoms with Gasteiger partial charge in [-0.2, -0.15) is 0 Å². The van der Waals surface area contributed by atoms with Gasteiger partial charge in [-0.25, -0.2) is 9.97 Å². The fourth-order valence-corrected chi connectivity index (χ4v) is 4.11. The predicted octanol–water partition coefficient (Wildman–Crippen LogP) is 4.59. The van der Waals surface area contributed by atoms with E-state index in [1.54, 1.807) is 11.3 Å². The highest BCUT2D eigenvalue weighted by Gasteiger charge is 2.23. The monoisotopic (exact) mass is 321 g/mol. The summed E-state index contributed by atoms with van der Waals surface area (Å²) in [5, 5.41) is 3.47. The zero-order valence-electron chi connectivity index (χ0n) is 12.9. The number of aromatic nitrogens is 2. The summed E-state index contributed by atoms with van der Waals surface area (Å²) in [4.78, 5) is 11.7. The first-order valence-electron chi connectivity index (χ1n) is 8.07. The molecule has 0 amide bonds. The molecule has 4 rings (SSSR count). The van der Waals surface area contributed by atoms with Crippen LogP contribution in [0.15, 0.2) is 60.1 Å². The van der Waals surface area contributed by atoms with Crippen LogP contribution < -0.4 is 4.90 Å². The molecule has 3 aromatic rings. The van der Waals surface area contributed by atoms with Gasteiger partial charge < -0.3 is 4.90 Å². The third-order valence-electron chi connectivity index (χ3n) is 4.41. The normalized spacial score (nSPS) is 15.7. The summed E-state index contributed by atoms with van der Waals surface area (Å²) in [5.41, 5.74) is 2.32. The zero-order chi connectivity index (χ0) is 15.5. The van der Waals surface area contributed by atoms with E-state index < -0.39 is 0 Å². The van der Waals surface area contributed by atoms with Gasteiger partial charge in [-0.05, 0) is 25.0 Å². The molecular weight excluding hydrogens is 302 g/mol. The van der Waals surface area contributed by atoms with Crippen molar-refractivity contribution in [3.8, 4) is 11.3 Å². The molecule has 3 nitrogen and oxygen atoms in total. The molecule has 1 aliphatic heterocycles. The lowest BCUT2D eigenvalue weighted by molar-refractivity contribution is 0.501. The second kappa shape index (κ2) is 6.50. The van der Waals surface area contributed by atoms with Crippen molar-refractivity contribution in [2.75, 3.05) is 18.0 Å². The summed E-state index contributed by atoms with van der Waals surface area (Å²) in [6.45, 7) is 2.11. The first kappa shape index (κ1) is 14.4. The molecule has 1 aromatic carbocycles. The van der Waals surface area contributed by atoms with Gasteiger partial charge in [-0.3, -0.25) is 0 Å². The lowest BCUT2D eigenvalue weighted by Gasteiger charge is -2.31. The van der Waals surface area contributed by atoms with E-state index >= 15 is 0 Å². The van der Waals surface area contributed by atoms with E-state index in [0.717, 1.165) is 37.4 Å². The molecule has 116 valence electrons. The van der Waals surface area contributed by atoms with Crippen LogP contribution in [0, 0.1) is 0 Å². The van der Waals surface area contributed by atoms with E-state index in [-0.39, 0.29) is 0 Å². The van der Waals surface area contributed by atoms with Crippen molar-refractivity contribution in [3.05, 3.63) is 65.1 Å². The molecule has 4 heteroatoms. The molecule has 0 unspecified atom stereocenters. The highest BCUT2D eigenvalue weighted by Crippen LogP contribution is 2.33. The van der Waals surface area contributed by atoms with Crippen LogP contribution in [0.1, 0.15) is 23.8 Å². The number of nitrogens with zero attached hydrogens (tertiary/aromatic N) is 3. The largest absolute Gasteiger partial charge is 0.357 e. The van der Waals surface area contributed by atoms with Crippen molar-refractivity contribution >= 4 is 17.2 Å². The van der Waals surface area contributed by atoms with E-state index in [9.17, 15) is 0 Å². The van der Waals surface area contributed by atoms with Gasteiger partial charge in [0.15, 0.2) is 0 Å². The molecule has 1 saturated heterocycles. The molecule has 0 radical (unpaired) electrons. The Morgan fingerprint density at radius 2 is 1.74 bits per heavy atom. The minimum absolute atomic E-state index is 0.581. The second-order valence-electron chi connectivity index (χ2n) is 5.89. The maximum Gasteiger partial charge on any atom is 0.128 e. The van der Waals surface area contributed by atoms with Gasteiger partial charge in [0, 0.05) is 36.1 Å². The molecule has 0 saturated carbocycles. The van der Waals surface area contributed by atoms with Crippen molar-refractivity contribution in [2.24, 2.45) is 0 Å². The van der Waals surface area contributed by atoms with Crippen LogP contribution in [0.5, 0.6) is 0 Å². The molecule has 0 aliphatic carbocycles. The van der Waals surface area contributed by atoms with Crippen LogP contribution in [0.3, 0.4) is 0 Å². The number of anilines is 1. The Kier molecular flexibility index (Phi) is 4.07. The number of piperidine rings is 1. The maximum atomic E-state index is 4.89. The Labute approximate surface area is 140 Å². The van der Waals surface area contributed by atoms with Crippen molar-refractivity contribution in [1.82, 2.24) is 9.97 Å². The number of thiazole rings is 1. The van der Waals surface area contributed by atoms with Crippen LogP contribution in [0.4, 0.5) is 5.82 Å². The van der Waals surface area contributed by atoms with E-state index in [1.165, 1.54) is 10.6 Å². The maximum absolute atomic E-state index is 4.89. The standard InChI is InChI=1S/C19H19N3S/c1-2-6-15(7-3-1)17-14-23-19(21-17)16-9-12-22(13-10-16)18-8-4-5-11-20-18/h1-8,11,14,16H,9-10,12-13H2. The van der Waals surface area contributed by atoms with Crippen LogP contribution in [0.25, 0.3) is 11.3 Å². The highest BCUT2D eigenvalue weighted by molar-refractivity contribution is 7.10. The lowest BCUT2D eigenvalue weighted by atomic mass is 9.97. The first-order valence-corrected chi connectivity index (χ1v) is 8.95. The summed E-state index contributed by atoms with van der Waals surface area (Å²) in [6, 6.07) is 16.6. The molecular formula is C19H19N3S. The Morgan fingerprint density at radius 1 is 0.957 bits per heavy atom. The first-order chi connectivity index (χ1) is 11.4. The number of hydrogen-bond donors (Lipinski definition) is 0. The fourth-order valence-electron chi connectivity index (χ4n) is 3.11. The molecule has 1 aliphatic rings. The number of rotatable bonds is 3. The van der Waals surface area contributed by atoms with Crippen LogP contribution >= 0.6 is 11.3 Å². The van der Waals surface area contributed by atoms with Crippen molar-refractivity contribution in [2.45, 2.75) is 18.8 Å². The van der Waals surface area contributed by atoms with Crippen molar-refractivity contribution < 1.29 is 0 Å². The molecule has 0 N–H and O–H groups in total. The van der Waals surface area contributed by atoms with Crippen LogP contribution in [-0.4, -0.2) is 23.1 Å².